The molecule has 0 unspecified atom stereocenters. The lowest BCUT2D eigenvalue weighted by molar-refractivity contribution is -0.134. The summed E-state index contributed by atoms with van der Waals surface area (Å²) in [5, 5.41) is 6.17. The number of aromatic nitrogens is 2. The van der Waals surface area contributed by atoms with E-state index in [2.05, 4.69) is 127 Å². The maximum absolute atomic E-state index is 13.5. The van der Waals surface area contributed by atoms with Crippen LogP contribution in [-0.2, 0) is 23.3 Å². The van der Waals surface area contributed by atoms with Crippen LogP contribution in [0.4, 0.5) is 0 Å². The molecule has 0 saturated carbocycles. The largest absolute Gasteiger partial charge is 0.331 e. The molecule has 1 aliphatic heterocycles. The van der Waals surface area contributed by atoms with Crippen LogP contribution < -0.4 is 0 Å². The molecule has 4 heteroatoms. The predicted octanol–water partition coefficient (Wildman–Crippen LogP) is 7.52. The first kappa shape index (κ1) is 25.0. The van der Waals surface area contributed by atoms with Gasteiger partial charge in [0.2, 0.25) is 5.91 Å². The Labute approximate surface area is 240 Å². The molecule has 6 aromatic rings. The first-order valence-electron chi connectivity index (χ1n) is 14.2. The molecule has 5 aromatic carbocycles. The van der Waals surface area contributed by atoms with Gasteiger partial charge in [0.05, 0.1) is 24.2 Å². The van der Waals surface area contributed by atoms with Crippen LogP contribution in [0.15, 0.2) is 140 Å². The van der Waals surface area contributed by atoms with Crippen molar-refractivity contribution in [1.29, 1.82) is 0 Å². The highest BCUT2D eigenvalue weighted by Crippen LogP contribution is 2.43. The number of hydrogen-bond acceptors (Lipinski definition) is 2. The van der Waals surface area contributed by atoms with Crippen molar-refractivity contribution in [3.05, 3.63) is 173 Å². The maximum Gasteiger partial charge on any atom is 0.227 e. The number of benzene rings is 5. The summed E-state index contributed by atoms with van der Waals surface area (Å²) in [7, 11) is 0. The Morgan fingerprint density at radius 2 is 1.20 bits per heavy atom. The van der Waals surface area contributed by atoms with Gasteiger partial charge in [0.15, 0.2) is 0 Å². The summed E-state index contributed by atoms with van der Waals surface area (Å²) < 4.78 is 2.16. The van der Waals surface area contributed by atoms with Crippen LogP contribution in [0.2, 0.25) is 0 Å². The maximum atomic E-state index is 13.5. The lowest BCUT2D eigenvalue weighted by Crippen LogP contribution is -2.39. The Hall–Kier alpha value is -4.96. The van der Waals surface area contributed by atoms with E-state index in [1.807, 2.05) is 29.3 Å². The zero-order valence-electron chi connectivity index (χ0n) is 23.0. The molecule has 0 radical (unpaired) electrons. The molecule has 2 heterocycles. The molecule has 1 atom stereocenters. The average molecular weight is 534 g/mol. The van der Waals surface area contributed by atoms with Crippen LogP contribution in [0.3, 0.4) is 0 Å². The highest BCUT2D eigenvalue weighted by Gasteiger charge is 2.40. The van der Waals surface area contributed by atoms with Crippen molar-refractivity contribution < 1.29 is 4.79 Å². The van der Waals surface area contributed by atoms with E-state index in [1.165, 1.54) is 5.56 Å². The summed E-state index contributed by atoms with van der Waals surface area (Å²) in [5.41, 5.74) is 7.09. The van der Waals surface area contributed by atoms with Crippen LogP contribution in [0.25, 0.3) is 10.9 Å². The minimum Gasteiger partial charge on any atom is -0.331 e. The second kappa shape index (κ2) is 10.2. The van der Waals surface area contributed by atoms with Gasteiger partial charge in [-0.25, -0.2) is 4.68 Å². The molecule has 1 aliphatic rings. The zero-order chi connectivity index (χ0) is 27.8. The van der Waals surface area contributed by atoms with Gasteiger partial charge in [0.25, 0.3) is 0 Å². The molecule has 1 aromatic heterocycles. The molecular weight excluding hydrogens is 502 g/mol. The van der Waals surface area contributed by atoms with Crippen LogP contribution in [0.1, 0.15) is 46.3 Å². The van der Waals surface area contributed by atoms with Crippen molar-refractivity contribution in [3.63, 3.8) is 0 Å². The molecule has 0 aliphatic carbocycles. The van der Waals surface area contributed by atoms with E-state index in [4.69, 9.17) is 5.10 Å². The van der Waals surface area contributed by atoms with Gasteiger partial charge in [-0.05, 0) is 52.4 Å². The Balaban J connectivity index is 1.42. The summed E-state index contributed by atoms with van der Waals surface area (Å²) in [6.45, 7) is 2.70. The smallest absolute Gasteiger partial charge is 0.227 e. The number of fused-ring (bicyclic) bond motifs is 2. The molecular formula is C37H31N3O. The quantitative estimate of drug-likeness (QED) is 0.208. The highest BCUT2D eigenvalue weighted by molar-refractivity contribution is 5.87. The van der Waals surface area contributed by atoms with Gasteiger partial charge >= 0.3 is 0 Å². The van der Waals surface area contributed by atoms with E-state index in [-0.39, 0.29) is 11.9 Å². The lowest BCUT2D eigenvalue weighted by Gasteiger charge is -2.37. The molecule has 200 valence electrons. The van der Waals surface area contributed by atoms with Gasteiger partial charge in [0, 0.05) is 11.9 Å². The molecule has 0 N–H and O–H groups in total. The van der Waals surface area contributed by atoms with Crippen molar-refractivity contribution >= 4 is 16.8 Å². The predicted molar refractivity (Wildman–Crippen MR) is 163 cm³/mol. The summed E-state index contributed by atoms with van der Waals surface area (Å²) in [5.74, 6) is 0.153. The van der Waals surface area contributed by atoms with Crippen molar-refractivity contribution in [1.82, 2.24) is 14.7 Å². The van der Waals surface area contributed by atoms with E-state index in [0.717, 1.165) is 38.7 Å². The highest BCUT2D eigenvalue weighted by atomic mass is 16.2. The number of carbonyl (C=O) groups excluding carboxylic acids is 1. The summed E-state index contributed by atoms with van der Waals surface area (Å²) >= 11 is 0. The van der Waals surface area contributed by atoms with Gasteiger partial charge in [-0.15, -0.1) is 0 Å². The van der Waals surface area contributed by atoms with Gasteiger partial charge < -0.3 is 4.90 Å². The van der Waals surface area contributed by atoms with Crippen LogP contribution in [0, 0.1) is 0 Å². The molecule has 0 spiro atoms. The third-order valence-corrected chi connectivity index (χ3v) is 8.53. The Bertz CT molecular complexity index is 1720. The van der Waals surface area contributed by atoms with E-state index >= 15 is 0 Å². The van der Waals surface area contributed by atoms with Crippen molar-refractivity contribution in [2.75, 3.05) is 0 Å². The SMILES string of the molecule is C[C@H](c1ccccc1)N1Cc2cc3cnn(C(c4ccccc4)(c4ccccc4)c4ccccc4)c3cc2CC1=O. The second-order valence-corrected chi connectivity index (χ2v) is 10.8. The molecule has 0 bridgehead atoms. The first-order chi connectivity index (χ1) is 20.2. The Morgan fingerprint density at radius 3 is 1.73 bits per heavy atom. The zero-order valence-corrected chi connectivity index (χ0v) is 23.0. The number of rotatable bonds is 6. The summed E-state index contributed by atoms with van der Waals surface area (Å²) in [6, 6.07) is 46.5. The fourth-order valence-corrected chi connectivity index (χ4v) is 6.45. The molecule has 41 heavy (non-hydrogen) atoms. The number of amides is 1. The summed E-state index contributed by atoms with van der Waals surface area (Å²) in [6.07, 6.45) is 2.35. The molecule has 0 saturated heterocycles. The third-order valence-electron chi connectivity index (χ3n) is 8.53. The number of nitrogens with zero attached hydrogens (tertiary/aromatic N) is 3. The fourth-order valence-electron chi connectivity index (χ4n) is 6.45. The fraction of sp³-hybridized carbons (Fsp3) is 0.135. The molecule has 1 amide bonds. The Kier molecular flexibility index (Phi) is 6.24. The topological polar surface area (TPSA) is 38.1 Å². The summed E-state index contributed by atoms with van der Waals surface area (Å²) in [4.78, 5) is 15.5. The molecule has 4 nitrogen and oxygen atoms in total. The molecule has 7 rings (SSSR count). The monoisotopic (exact) mass is 533 g/mol. The van der Waals surface area contributed by atoms with E-state index < -0.39 is 5.54 Å². The molecule has 0 fully saturated rings. The normalized spacial score (nSPS) is 14.2. The number of carbonyl (C=O) groups is 1. The van der Waals surface area contributed by atoms with E-state index in [1.54, 1.807) is 0 Å². The van der Waals surface area contributed by atoms with Gasteiger partial charge in [-0.2, -0.15) is 5.10 Å². The van der Waals surface area contributed by atoms with E-state index in [0.29, 0.717) is 13.0 Å². The average Bonchev–Trinajstić information content (AvgIpc) is 3.44. The van der Waals surface area contributed by atoms with Gasteiger partial charge in [-0.3, -0.25) is 4.79 Å². The van der Waals surface area contributed by atoms with Crippen LogP contribution in [-0.4, -0.2) is 20.6 Å². The van der Waals surface area contributed by atoms with Gasteiger partial charge in [0.1, 0.15) is 5.54 Å². The van der Waals surface area contributed by atoms with E-state index in [9.17, 15) is 4.79 Å². The lowest BCUT2D eigenvalue weighted by atomic mass is 9.77. The van der Waals surface area contributed by atoms with Crippen molar-refractivity contribution in [2.24, 2.45) is 0 Å². The van der Waals surface area contributed by atoms with Crippen LogP contribution in [0.5, 0.6) is 0 Å². The van der Waals surface area contributed by atoms with Crippen LogP contribution >= 0.6 is 0 Å². The van der Waals surface area contributed by atoms with Crippen molar-refractivity contribution in [3.8, 4) is 0 Å². The standard InChI is InChI=1S/C37H31N3O/c1-27(28-14-6-2-7-15-28)39-26-31-22-30-25-38-40(35(30)23-29(31)24-36(39)41)37(32-16-8-3-9-17-32,33-18-10-4-11-19-33)34-20-12-5-13-21-34/h2-23,25,27H,24,26H2,1H3/t27-/m1/s1. The third kappa shape index (κ3) is 4.15. The first-order valence-corrected chi connectivity index (χ1v) is 14.2. The minimum atomic E-state index is -0.702. The minimum absolute atomic E-state index is 0.0113. The Morgan fingerprint density at radius 1 is 0.683 bits per heavy atom. The number of hydrogen-bond donors (Lipinski definition) is 0. The van der Waals surface area contributed by atoms with Gasteiger partial charge in [-0.1, -0.05) is 121 Å². The van der Waals surface area contributed by atoms with Crippen molar-refractivity contribution in [2.45, 2.75) is 31.5 Å². The second-order valence-electron chi connectivity index (χ2n) is 10.8.